The summed E-state index contributed by atoms with van der Waals surface area (Å²) in [5, 5.41) is 6.13. The molecule has 156 valence electrons. The average Bonchev–Trinajstić information content (AvgIpc) is 3.36. The highest BCUT2D eigenvalue weighted by Crippen LogP contribution is 2.33. The Morgan fingerprint density at radius 1 is 1.27 bits per heavy atom. The lowest BCUT2D eigenvalue weighted by atomic mass is 10.1. The van der Waals surface area contributed by atoms with Crippen molar-refractivity contribution in [3.05, 3.63) is 65.1 Å². The number of benzene rings is 1. The van der Waals surface area contributed by atoms with Crippen LogP contribution in [0.1, 0.15) is 11.3 Å². The van der Waals surface area contributed by atoms with Crippen molar-refractivity contribution in [3.8, 4) is 5.69 Å². The summed E-state index contributed by atoms with van der Waals surface area (Å²) in [7, 11) is 0. The van der Waals surface area contributed by atoms with Gasteiger partial charge < -0.3 is 14.5 Å². The molecule has 0 radical (unpaired) electrons. The van der Waals surface area contributed by atoms with Gasteiger partial charge in [0.15, 0.2) is 11.3 Å². The highest BCUT2D eigenvalue weighted by molar-refractivity contribution is 9.10. The van der Waals surface area contributed by atoms with Crippen LogP contribution in [-0.2, 0) is 20.5 Å². The van der Waals surface area contributed by atoms with E-state index in [1.165, 1.54) is 23.4 Å². The molecular weight excluding hydrogens is 473 g/mol. The van der Waals surface area contributed by atoms with Crippen molar-refractivity contribution in [3.63, 3.8) is 0 Å². The number of furan rings is 1. The molecule has 0 saturated carbocycles. The zero-order valence-corrected chi connectivity index (χ0v) is 16.5. The van der Waals surface area contributed by atoms with Gasteiger partial charge in [-0.25, -0.2) is 14.5 Å². The number of alkyl halides is 3. The zero-order chi connectivity index (χ0) is 21.7. The summed E-state index contributed by atoms with van der Waals surface area (Å²) >= 11 is 3.11. The molecule has 3 aromatic rings. The summed E-state index contributed by atoms with van der Waals surface area (Å²) in [4.78, 5) is 27.5. The summed E-state index contributed by atoms with van der Waals surface area (Å²) in [5.41, 5.74) is -0.984. The third kappa shape index (κ3) is 5.56. The zero-order valence-electron chi connectivity index (χ0n) is 14.9. The van der Waals surface area contributed by atoms with Crippen molar-refractivity contribution in [1.29, 1.82) is 0 Å². The normalized spacial score (nSPS) is 11.6. The number of nitrogens with zero attached hydrogens (tertiary/aromatic N) is 3. The molecule has 0 aliphatic rings. The maximum Gasteiger partial charge on any atom is 0.416 e. The topological polar surface area (TPSA) is 99.2 Å². The fourth-order valence-corrected chi connectivity index (χ4v) is 2.60. The maximum absolute atomic E-state index is 13.0. The van der Waals surface area contributed by atoms with Gasteiger partial charge >= 0.3 is 12.1 Å². The largest absolute Gasteiger partial charge is 0.452 e. The molecule has 1 aromatic carbocycles. The van der Waals surface area contributed by atoms with Crippen LogP contribution >= 0.6 is 15.9 Å². The lowest BCUT2D eigenvalue weighted by Crippen LogP contribution is -2.21. The standard InChI is InChI=1S/C18H12BrF3N4O4/c19-15-5-2-12(30-15)3-6-17(28)29-8-16(27)25-13-7-11(18(20,21)22)1-4-14(13)26-10-23-9-24-26/h1-7,9-10H,8H2,(H,25,27)/b6-3+. The summed E-state index contributed by atoms with van der Waals surface area (Å²) < 4.78 is 50.7. The van der Waals surface area contributed by atoms with Crippen LogP contribution in [0.15, 0.2) is 58.1 Å². The number of aromatic nitrogens is 3. The minimum Gasteiger partial charge on any atom is -0.452 e. The Morgan fingerprint density at radius 2 is 2.07 bits per heavy atom. The number of halogens is 4. The summed E-state index contributed by atoms with van der Waals surface area (Å²) in [5.74, 6) is -1.29. The van der Waals surface area contributed by atoms with Gasteiger partial charge in [-0.05, 0) is 52.3 Å². The van der Waals surface area contributed by atoms with Gasteiger partial charge in [-0.3, -0.25) is 4.79 Å². The summed E-state index contributed by atoms with van der Waals surface area (Å²) in [6, 6.07) is 5.97. The second kappa shape index (κ2) is 8.95. The fraction of sp³-hybridized carbons (Fsp3) is 0.111. The smallest absolute Gasteiger partial charge is 0.416 e. The van der Waals surface area contributed by atoms with Gasteiger partial charge in [0, 0.05) is 6.08 Å². The van der Waals surface area contributed by atoms with Crippen molar-refractivity contribution < 1.29 is 31.9 Å². The molecule has 0 unspecified atom stereocenters. The molecule has 0 aliphatic carbocycles. The number of esters is 1. The van der Waals surface area contributed by atoms with Crippen LogP contribution in [0.5, 0.6) is 0 Å². The number of carbonyl (C=O) groups excluding carboxylic acids is 2. The van der Waals surface area contributed by atoms with Crippen molar-refractivity contribution >= 4 is 39.6 Å². The molecular formula is C18H12BrF3N4O4. The Labute approximate surface area is 175 Å². The summed E-state index contributed by atoms with van der Waals surface area (Å²) in [6.07, 6.45) is 0.216. The van der Waals surface area contributed by atoms with Gasteiger partial charge in [0.1, 0.15) is 18.4 Å². The minimum atomic E-state index is -4.61. The number of carbonyl (C=O) groups is 2. The monoisotopic (exact) mass is 484 g/mol. The molecule has 0 fully saturated rings. The number of hydrogen-bond donors (Lipinski definition) is 1. The van der Waals surface area contributed by atoms with E-state index in [0.29, 0.717) is 10.4 Å². The first kappa shape index (κ1) is 21.3. The molecule has 12 heteroatoms. The quantitative estimate of drug-likeness (QED) is 0.421. The van der Waals surface area contributed by atoms with Crippen LogP contribution in [0, 0.1) is 0 Å². The highest BCUT2D eigenvalue weighted by Gasteiger charge is 2.31. The average molecular weight is 485 g/mol. The molecule has 0 saturated heterocycles. The van der Waals surface area contributed by atoms with E-state index in [1.807, 2.05) is 0 Å². The van der Waals surface area contributed by atoms with Gasteiger partial charge in [0.25, 0.3) is 5.91 Å². The second-order valence-corrected chi connectivity index (χ2v) is 6.48. The predicted octanol–water partition coefficient (Wildman–Crippen LogP) is 3.84. The van der Waals surface area contributed by atoms with Gasteiger partial charge in [-0.15, -0.1) is 0 Å². The van der Waals surface area contributed by atoms with Crippen molar-refractivity contribution in [2.24, 2.45) is 0 Å². The van der Waals surface area contributed by atoms with E-state index in [1.54, 1.807) is 12.1 Å². The third-order valence-corrected chi connectivity index (χ3v) is 4.01. The fourth-order valence-electron chi connectivity index (χ4n) is 2.28. The van der Waals surface area contributed by atoms with Gasteiger partial charge in [-0.2, -0.15) is 18.3 Å². The molecule has 2 aromatic heterocycles. The molecule has 8 nitrogen and oxygen atoms in total. The van der Waals surface area contributed by atoms with E-state index in [2.05, 4.69) is 31.3 Å². The van der Waals surface area contributed by atoms with Crippen LogP contribution in [0.25, 0.3) is 11.8 Å². The molecule has 30 heavy (non-hydrogen) atoms. The van der Waals surface area contributed by atoms with Crippen molar-refractivity contribution in [2.45, 2.75) is 6.18 Å². The lowest BCUT2D eigenvalue weighted by molar-refractivity contribution is -0.142. The number of hydrogen-bond acceptors (Lipinski definition) is 6. The molecule has 1 N–H and O–H groups in total. The highest BCUT2D eigenvalue weighted by atomic mass is 79.9. The number of nitrogens with one attached hydrogen (secondary N) is 1. The molecule has 0 atom stereocenters. The van der Waals surface area contributed by atoms with E-state index in [0.717, 1.165) is 24.3 Å². The van der Waals surface area contributed by atoms with Gasteiger partial charge in [0.05, 0.1) is 16.9 Å². The Balaban J connectivity index is 1.67. The Bertz CT molecular complexity index is 1080. The molecule has 0 aliphatic heterocycles. The lowest BCUT2D eigenvalue weighted by Gasteiger charge is -2.14. The molecule has 1 amide bonds. The van der Waals surface area contributed by atoms with Crippen LogP contribution < -0.4 is 5.32 Å². The first-order valence-electron chi connectivity index (χ1n) is 8.18. The summed E-state index contributed by atoms with van der Waals surface area (Å²) in [6.45, 7) is -0.710. The predicted molar refractivity (Wildman–Crippen MR) is 101 cm³/mol. The Hall–Kier alpha value is -3.41. The first-order valence-corrected chi connectivity index (χ1v) is 8.98. The Morgan fingerprint density at radius 3 is 2.70 bits per heavy atom. The molecule has 0 spiro atoms. The third-order valence-electron chi connectivity index (χ3n) is 3.59. The van der Waals surface area contributed by atoms with Gasteiger partial charge in [-0.1, -0.05) is 0 Å². The first-order chi connectivity index (χ1) is 14.2. The van der Waals surface area contributed by atoms with Crippen LogP contribution in [-0.4, -0.2) is 33.2 Å². The second-order valence-electron chi connectivity index (χ2n) is 5.70. The number of amides is 1. The van der Waals surface area contributed by atoms with E-state index < -0.39 is 30.2 Å². The number of anilines is 1. The van der Waals surface area contributed by atoms with E-state index in [4.69, 9.17) is 9.15 Å². The molecule has 2 heterocycles. The SMILES string of the molecule is O=C(COC(=O)/C=C/c1ccc(Br)o1)Nc1cc(C(F)(F)F)ccc1-n1cncn1. The van der Waals surface area contributed by atoms with E-state index in [9.17, 15) is 22.8 Å². The van der Waals surface area contributed by atoms with Crippen LogP contribution in [0.3, 0.4) is 0 Å². The molecule has 3 rings (SSSR count). The Kier molecular flexibility index (Phi) is 6.35. The molecule has 0 bridgehead atoms. The minimum absolute atomic E-state index is 0.156. The van der Waals surface area contributed by atoms with Crippen molar-refractivity contribution in [1.82, 2.24) is 14.8 Å². The number of ether oxygens (including phenoxy) is 1. The van der Waals surface area contributed by atoms with Crippen LogP contribution in [0.4, 0.5) is 18.9 Å². The van der Waals surface area contributed by atoms with Crippen molar-refractivity contribution in [2.75, 3.05) is 11.9 Å². The number of rotatable bonds is 6. The van der Waals surface area contributed by atoms with Gasteiger partial charge in [0.2, 0.25) is 0 Å². The van der Waals surface area contributed by atoms with E-state index in [-0.39, 0.29) is 11.4 Å². The maximum atomic E-state index is 13.0. The van der Waals surface area contributed by atoms with E-state index >= 15 is 0 Å². The van der Waals surface area contributed by atoms with Crippen LogP contribution in [0.2, 0.25) is 0 Å².